The number of anilines is 3. The molecule has 1 aliphatic heterocycles. The highest BCUT2D eigenvalue weighted by molar-refractivity contribution is 5.97. The first-order valence-electron chi connectivity index (χ1n) is 7.69. The molecular formula is C16H15F4N5. The molecule has 2 aromatic rings. The molecule has 9 heteroatoms. The molecule has 0 fully saturated rings. The molecule has 2 heterocycles. The van der Waals surface area contributed by atoms with Crippen LogP contribution < -0.4 is 10.6 Å². The SMILES string of the molecule is CCCNc1nc2c(nc1Nc1ccccc1F)N=C(C(F)(F)F)C2. The van der Waals surface area contributed by atoms with Crippen LogP contribution in [0, 0.1) is 5.82 Å². The molecule has 1 aromatic heterocycles. The molecule has 0 unspecified atom stereocenters. The van der Waals surface area contributed by atoms with Gasteiger partial charge in [0.1, 0.15) is 11.5 Å². The molecule has 3 rings (SSSR count). The first kappa shape index (κ1) is 17.1. The van der Waals surface area contributed by atoms with E-state index in [1.165, 1.54) is 18.2 Å². The smallest absolute Gasteiger partial charge is 0.367 e. The van der Waals surface area contributed by atoms with Gasteiger partial charge in [0.15, 0.2) is 17.5 Å². The lowest BCUT2D eigenvalue weighted by Gasteiger charge is -2.13. The Hall–Kier alpha value is -2.71. The van der Waals surface area contributed by atoms with Crippen molar-refractivity contribution in [1.82, 2.24) is 9.97 Å². The van der Waals surface area contributed by atoms with Crippen LogP contribution in [0.2, 0.25) is 0 Å². The summed E-state index contributed by atoms with van der Waals surface area (Å²) in [6.07, 6.45) is -4.17. The fraction of sp³-hybridized carbons (Fsp3) is 0.312. The Bertz CT molecular complexity index is 817. The summed E-state index contributed by atoms with van der Waals surface area (Å²) in [7, 11) is 0. The second-order valence-corrected chi connectivity index (χ2v) is 5.46. The number of alkyl halides is 3. The third-order valence-corrected chi connectivity index (χ3v) is 3.52. The summed E-state index contributed by atoms with van der Waals surface area (Å²) in [4.78, 5) is 11.8. The number of hydrogen-bond donors (Lipinski definition) is 2. The highest BCUT2D eigenvalue weighted by Gasteiger charge is 2.40. The minimum Gasteiger partial charge on any atom is -0.367 e. The predicted molar refractivity (Wildman–Crippen MR) is 87.3 cm³/mol. The first-order chi connectivity index (χ1) is 11.9. The molecular weight excluding hydrogens is 338 g/mol. The zero-order valence-corrected chi connectivity index (χ0v) is 13.3. The Labute approximate surface area is 141 Å². The lowest BCUT2D eigenvalue weighted by atomic mass is 10.2. The Kier molecular flexibility index (Phi) is 4.56. The van der Waals surface area contributed by atoms with Crippen LogP contribution in [-0.4, -0.2) is 28.4 Å². The molecule has 132 valence electrons. The van der Waals surface area contributed by atoms with Gasteiger partial charge in [-0.1, -0.05) is 19.1 Å². The van der Waals surface area contributed by atoms with E-state index in [9.17, 15) is 17.6 Å². The van der Waals surface area contributed by atoms with Crippen molar-refractivity contribution in [1.29, 1.82) is 0 Å². The summed E-state index contributed by atoms with van der Waals surface area (Å²) in [5.74, 6) is -0.217. The van der Waals surface area contributed by atoms with E-state index in [1.807, 2.05) is 6.92 Å². The van der Waals surface area contributed by atoms with Gasteiger partial charge in [0, 0.05) is 13.0 Å². The third-order valence-electron chi connectivity index (χ3n) is 3.52. The molecule has 0 saturated heterocycles. The highest BCUT2D eigenvalue weighted by Crippen LogP contribution is 2.34. The summed E-state index contributed by atoms with van der Waals surface area (Å²) in [5.41, 5.74) is -0.647. The van der Waals surface area contributed by atoms with Gasteiger partial charge in [-0.25, -0.2) is 19.4 Å². The van der Waals surface area contributed by atoms with E-state index < -0.39 is 24.1 Å². The molecule has 0 atom stereocenters. The number of hydrogen-bond acceptors (Lipinski definition) is 5. The number of rotatable bonds is 5. The molecule has 0 amide bonds. The summed E-state index contributed by atoms with van der Waals surface area (Å²) in [5, 5.41) is 5.77. The van der Waals surface area contributed by atoms with Gasteiger partial charge in [0.05, 0.1) is 11.4 Å². The van der Waals surface area contributed by atoms with Gasteiger partial charge >= 0.3 is 6.18 Å². The maximum absolute atomic E-state index is 13.8. The molecule has 2 N–H and O–H groups in total. The van der Waals surface area contributed by atoms with Crippen molar-refractivity contribution < 1.29 is 17.6 Å². The molecule has 5 nitrogen and oxygen atoms in total. The molecule has 0 bridgehead atoms. The van der Waals surface area contributed by atoms with Crippen LogP contribution in [0.5, 0.6) is 0 Å². The average Bonchev–Trinajstić information content (AvgIpc) is 2.98. The molecule has 0 spiro atoms. The van der Waals surface area contributed by atoms with E-state index in [0.29, 0.717) is 6.54 Å². The minimum atomic E-state index is -4.53. The molecule has 1 aliphatic rings. The number of para-hydroxylation sites is 1. The Morgan fingerprint density at radius 3 is 2.56 bits per heavy atom. The monoisotopic (exact) mass is 353 g/mol. The normalized spacial score (nSPS) is 13.4. The number of halogens is 4. The number of fused-ring (bicyclic) bond motifs is 1. The van der Waals surface area contributed by atoms with Crippen LogP contribution in [0.4, 0.5) is 40.7 Å². The van der Waals surface area contributed by atoms with Gasteiger partial charge in [-0.05, 0) is 18.6 Å². The summed E-state index contributed by atoms with van der Waals surface area (Å²) >= 11 is 0. The summed E-state index contributed by atoms with van der Waals surface area (Å²) in [6.45, 7) is 2.48. The van der Waals surface area contributed by atoms with Gasteiger partial charge in [-0.3, -0.25) is 0 Å². The lowest BCUT2D eigenvalue weighted by molar-refractivity contribution is -0.0597. The van der Waals surface area contributed by atoms with Crippen LogP contribution in [0.25, 0.3) is 0 Å². The number of benzene rings is 1. The number of nitrogens with zero attached hydrogens (tertiary/aromatic N) is 3. The third kappa shape index (κ3) is 3.70. The van der Waals surface area contributed by atoms with E-state index in [1.54, 1.807) is 6.07 Å². The fourth-order valence-electron chi connectivity index (χ4n) is 2.30. The summed E-state index contributed by atoms with van der Waals surface area (Å²) < 4.78 is 52.4. The largest absolute Gasteiger partial charge is 0.429 e. The topological polar surface area (TPSA) is 62.2 Å². The maximum Gasteiger partial charge on any atom is 0.429 e. The average molecular weight is 353 g/mol. The van der Waals surface area contributed by atoms with Crippen LogP contribution >= 0.6 is 0 Å². The van der Waals surface area contributed by atoms with Crippen molar-refractivity contribution in [3.05, 3.63) is 35.8 Å². The molecule has 1 aromatic carbocycles. The van der Waals surface area contributed by atoms with E-state index in [2.05, 4.69) is 25.6 Å². The zero-order chi connectivity index (χ0) is 18.0. The van der Waals surface area contributed by atoms with E-state index in [-0.39, 0.29) is 28.8 Å². The van der Waals surface area contributed by atoms with E-state index in [0.717, 1.165) is 6.42 Å². The van der Waals surface area contributed by atoms with Gasteiger partial charge in [0.2, 0.25) is 0 Å². The molecule has 0 saturated carbocycles. The summed E-state index contributed by atoms with van der Waals surface area (Å²) in [6, 6.07) is 5.93. The predicted octanol–water partition coefficient (Wildman–Crippen LogP) is 4.37. The van der Waals surface area contributed by atoms with Crippen molar-refractivity contribution >= 4 is 28.9 Å². The Morgan fingerprint density at radius 1 is 1.12 bits per heavy atom. The van der Waals surface area contributed by atoms with Crippen molar-refractivity contribution in [2.24, 2.45) is 4.99 Å². The Morgan fingerprint density at radius 2 is 1.88 bits per heavy atom. The fourth-order valence-corrected chi connectivity index (χ4v) is 2.30. The van der Waals surface area contributed by atoms with Crippen molar-refractivity contribution in [3.63, 3.8) is 0 Å². The minimum absolute atomic E-state index is 0.104. The molecule has 0 aliphatic carbocycles. The standard InChI is InChI=1S/C16H15F4N5/c1-2-7-21-14-15(22-10-6-4-3-5-9(10)17)25-13-11(23-14)8-12(24-13)16(18,19)20/h3-6H,2,7-8H2,1H3,(H,21,23)(H,22,25). The van der Waals surface area contributed by atoms with E-state index in [4.69, 9.17) is 0 Å². The van der Waals surface area contributed by atoms with E-state index >= 15 is 0 Å². The number of nitrogens with one attached hydrogen (secondary N) is 2. The number of aromatic nitrogens is 2. The molecule has 0 radical (unpaired) electrons. The van der Waals surface area contributed by atoms with Crippen molar-refractivity contribution in [2.45, 2.75) is 25.9 Å². The lowest BCUT2D eigenvalue weighted by Crippen LogP contribution is -2.22. The number of aliphatic imine (C=N–C) groups is 1. The van der Waals surface area contributed by atoms with Crippen LogP contribution in [0.15, 0.2) is 29.3 Å². The van der Waals surface area contributed by atoms with Crippen LogP contribution in [0.1, 0.15) is 19.0 Å². The van der Waals surface area contributed by atoms with Gasteiger partial charge in [-0.15, -0.1) is 0 Å². The van der Waals surface area contributed by atoms with Gasteiger partial charge in [0.25, 0.3) is 0 Å². The van der Waals surface area contributed by atoms with Gasteiger partial charge < -0.3 is 10.6 Å². The van der Waals surface area contributed by atoms with Gasteiger partial charge in [-0.2, -0.15) is 13.2 Å². The first-order valence-corrected chi connectivity index (χ1v) is 7.69. The van der Waals surface area contributed by atoms with Crippen molar-refractivity contribution in [2.75, 3.05) is 17.2 Å². The second kappa shape index (κ2) is 6.66. The molecule has 25 heavy (non-hydrogen) atoms. The van der Waals surface area contributed by atoms with Crippen LogP contribution in [-0.2, 0) is 6.42 Å². The Balaban J connectivity index is 1.98. The zero-order valence-electron chi connectivity index (χ0n) is 13.3. The highest BCUT2D eigenvalue weighted by atomic mass is 19.4. The second-order valence-electron chi connectivity index (χ2n) is 5.46. The maximum atomic E-state index is 13.8. The quantitative estimate of drug-likeness (QED) is 0.784. The van der Waals surface area contributed by atoms with Crippen molar-refractivity contribution in [3.8, 4) is 0 Å². The van der Waals surface area contributed by atoms with Crippen LogP contribution in [0.3, 0.4) is 0 Å².